The predicted molar refractivity (Wildman–Crippen MR) is 64.9 cm³/mol. The summed E-state index contributed by atoms with van der Waals surface area (Å²) in [5, 5.41) is 19.7. The molecule has 0 amide bonds. The van der Waals surface area contributed by atoms with Crippen LogP contribution in [0, 0.1) is 21.4 Å². The first-order valence-corrected chi connectivity index (χ1v) is 5.28. The highest BCUT2D eigenvalue weighted by molar-refractivity contribution is 5.48. The van der Waals surface area contributed by atoms with Gasteiger partial charge in [0.1, 0.15) is 0 Å². The Morgan fingerprint density at radius 1 is 1.33 bits per heavy atom. The van der Waals surface area contributed by atoms with Crippen LogP contribution in [0.5, 0.6) is 0 Å². The largest absolute Gasteiger partial charge is 0.274 e. The minimum absolute atomic E-state index is 0.0419. The van der Waals surface area contributed by atoms with Crippen LogP contribution >= 0.6 is 0 Å². The van der Waals surface area contributed by atoms with Crippen molar-refractivity contribution in [3.05, 3.63) is 69.5 Å². The summed E-state index contributed by atoms with van der Waals surface area (Å²) in [5.74, 6) is 0. The Labute approximate surface area is 103 Å². The Morgan fingerprint density at radius 3 is 2.78 bits per heavy atom. The third-order valence-corrected chi connectivity index (χ3v) is 2.51. The topological polar surface area (TPSA) is 79.8 Å². The first-order valence-electron chi connectivity index (χ1n) is 5.28. The number of rotatable bonds is 3. The monoisotopic (exact) mass is 239 g/mol. The number of aromatic nitrogens is 1. The molecule has 1 heterocycles. The van der Waals surface area contributed by atoms with Crippen LogP contribution in [0.4, 0.5) is 5.69 Å². The highest BCUT2D eigenvalue weighted by atomic mass is 16.6. The van der Waals surface area contributed by atoms with E-state index in [9.17, 15) is 10.1 Å². The summed E-state index contributed by atoms with van der Waals surface area (Å²) < 4.78 is 0. The zero-order valence-electron chi connectivity index (χ0n) is 9.41. The second-order valence-corrected chi connectivity index (χ2v) is 3.71. The lowest BCUT2D eigenvalue weighted by molar-refractivity contribution is -0.385. The molecule has 2 rings (SSSR count). The first-order chi connectivity index (χ1) is 8.70. The van der Waals surface area contributed by atoms with E-state index in [2.05, 4.69) is 4.98 Å². The molecule has 0 fully saturated rings. The van der Waals surface area contributed by atoms with Crippen molar-refractivity contribution in [1.29, 1.82) is 5.26 Å². The number of benzene rings is 1. The molecule has 5 nitrogen and oxygen atoms in total. The Balaban J connectivity index is 2.39. The van der Waals surface area contributed by atoms with Gasteiger partial charge < -0.3 is 0 Å². The fraction of sp³-hybridized carbons (Fsp3) is 0.0769. The first kappa shape index (κ1) is 11.7. The number of hydrogen-bond donors (Lipinski definition) is 0. The summed E-state index contributed by atoms with van der Waals surface area (Å²) in [5.41, 5.74) is 1.55. The average molecular weight is 239 g/mol. The van der Waals surface area contributed by atoms with E-state index in [1.54, 1.807) is 24.4 Å². The average Bonchev–Trinajstić information content (AvgIpc) is 2.40. The molecule has 0 N–H and O–H groups in total. The number of nitriles is 1. The van der Waals surface area contributed by atoms with E-state index < -0.39 is 4.92 Å². The molecule has 18 heavy (non-hydrogen) atoms. The predicted octanol–water partition coefficient (Wildman–Crippen LogP) is 2.45. The van der Waals surface area contributed by atoms with Crippen molar-refractivity contribution in [1.82, 2.24) is 4.98 Å². The third kappa shape index (κ3) is 2.50. The molecule has 0 radical (unpaired) electrons. The lowest BCUT2D eigenvalue weighted by Gasteiger charge is -2.02. The molecule has 88 valence electrons. The summed E-state index contributed by atoms with van der Waals surface area (Å²) in [7, 11) is 0. The maximum atomic E-state index is 11.0. The molecule has 5 heteroatoms. The number of nitro benzene ring substituents is 1. The normalized spacial score (nSPS) is 9.72. The third-order valence-electron chi connectivity index (χ3n) is 2.51. The SMILES string of the molecule is N#Cc1ccc(Cc2ccccn2)c([N+](=O)[O-])c1. The van der Waals surface area contributed by atoms with Crippen LogP contribution < -0.4 is 0 Å². The summed E-state index contributed by atoms with van der Waals surface area (Å²) in [6.07, 6.45) is 2.02. The second-order valence-electron chi connectivity index (χ2n) is 3.71. The molecule has 0 bridgehead atoms. The van der Waals surface area contributed by atoms with Gasteiger partial charge in [0.05, 0.1) is 16.6 Å². The van der Waals surface area contributed by atoms with E-state index in [1.807, 2.05) is 18.2 Å². The Kier molecular flexibility index (Phi) is 3.30. The van der Waals surface area contributed by atoms with E-state index >= 15 is 0 Å². The highest BCUT2D eigenvalue weighted by Crippen LogP contribution is 2.22. The standard InChI is InChI=1S/C13H9N3O2/c14-9-10-4-5-11(13(7-10)16(17)18)8-12-3-1-2-6-15-12/h1-7H,8H2. The van der Waals surface area contributed by atoms with Crippen LogP contribution in [0.3, 0.4) is 0 Å². The van der Waals surface area contributed by atoms with Crippen molar-refractivity contribution in [2.75, 3.05) is 0 Å². The van der Waals surface area contributed by atoms with Crippen molar-refractivity contribution in [3.63, 3.8) is 0 Å². The fourth-order valence-corrected chi connectivity index (χ4v) is 1.65. The van der Waals surface area contributed by atoms with Crippen LogP contribution in [0.2, 0.25) is 0 Å². The molecular formula is C13H9N3O2. The van der Waals surface area contributed by atoms with Crippen LogP contribution in [-0.2, 0) is 6.42 Å². The van der Waals surface area contributed by atoms with Crippen LogP contribution in [0.15, 0.2) is 42.6 Å². The van der Waals surface area contributed by atoms with Gasteiger partial charge in [0.25, 0.3) is 5.69 Å². The number of pyridine rings is 1. The van der Waals surface area contributed by atoms with Crippen molar-refractivity contribution < 1.29 is 4.92 Å². The van der Waals surface area contributed by atoms with E-state index in [1.165, 1.54) is 6.07 Å². The lowest BCUT2D eigenvalue weighted by atomic mass is 10.0. The van der Waals surface area contributed by atoms with Gasteiger partial charge in [-0.3, -0.25) is 15.1 Å². The molecule has 0 saturated heterocycles. The lowest BCUT2D eigenvalue weighted by Crippen LogP contribution is -1.98. The summed E-state index contributed by atoms with van der Waals surface area (Å²) in [4.78, 5) is 14.6. The van der Waals surface area contributed by atoms with E-state index in [0.29, 0.717) is 12.0 Å². The number of hydrogen-bond acceptors (Lipinski definition) is 4. The summed E-state index contributed by atoms with van der Waals surface area (Å²) in [6, 6.07) is 11.8. The molecule has 2 aromatic rings. The molecule has 0 spiro atoms. The van der Waals surface area contributed by atoms with Crippen LogP contribution in [-0.4, -0.2) is 9.91 Å². The maximum Gasteiger partial charge on any atom is 0.274 e. The molecule has 0 unspecified atom stereocenters. The van der Waals surface area contributed by atoms with Crippen molar-refractivity contribution in [3.8, 4) is 6.07 Å². The van der Waals surface area contributed by atoms with Crippen molar-refractivity contribution in [2.24, 2.45) is 0 Å². The Morgan fingerprint density at radius 2 is 2.17 bits per heavy atom. The van der Waals surface area contributed by atoms with Gasteiger partial charge in [-0.1, -0.05) is 12.1 Å². The zero-order valence-corrected chi connectivity index (χ0v) is 9.41. The quantitative estimate of drug-likeness (QED) is 0.608. The highest BCUT2D eigenvalue weighted by Gasteiger charge is 2.15. The van der Waals surface area contributed by atoms with Crippen LogP contribution in [0.1, 0.15) is 16.8 Å². The van der Waals surface area contributed by atoms with Gasteiger partial charge in [-0.25, -0.2) is 0 Å². The van der Waals surface area contributed by atoms with Gasteiger partial charge in [-0.05, 0) is 18.2 Å². The van der Waals surface area contributed by atoms with Gasteiger partial charge in [0.15, 0.2) is 0 Å². The molecule has 1 aromatic carbocycles. The van der Waals surface area contributed by atoms with Gasteiger partial charge in [0, 0.05) is 29.9 Å². The van der Waals surface area contributed by atoms with Crippen LogP contribution in [0.25, 0.3) is 0 Å². The van der Waals surface area contributed by atoms with E-state index in [-0.39, 0.29) is 11.3 Å². The van der Waals surface area contributed by atoms with E-state index in [0.717, 1.165) is 5.69 Å². The number of nitrogens with zero attached hydrogens (tertiary/aromatic N) is 3. The summed E-state index contributed by atoms with van der Waals surface area (Å²) in [6.45, 7) is 0. The molecule has 0 aliphatic carbocycles. The Bertz CT molecular complexity index is 618. The molecule has 0 saturated carbocycles. The molecular weight excluding hydrogens is 230 g/mol. The molecule has 0 aliphatic heterocycles. The zero-order chi connectivity index (χ0) is 13.0. The van der Waals surface area contributed by atoms with Gasteiger partial charge in [-0.15, -0.1) is 0 Å². The minimum Gasteiger partial charge on any atom is -0.261 e. The van der Waals surface area contributed by atoms with Crippen molar-refractivity contribution in [2.45, 2.75) is 6.42 Å². The number of nitro groups is 1. The molecule has 0 atom stereocenters. The fourth-order valence-electron chi connectivity index (χ4n) is 1.65. The van der Waals surface area contributed by atoms with Crippen molar-refractivity contribution >= 4 is 5.69 Å². The Hall–Kier alpha value is -2.74. The second kappa shape index (κ2) is 5.06. The van der Waals surface area contributed by atoms with Gasteiger partial charge in [-0.2, -0.15) is 5.26 Å². The van der Waals surface area contributed by atoms with Gasteiger partial charge in [0.2, 0.25) is 0 Å². The van der Waals surface area contributed by atoms with E-state index in [4.69, 9.17) is 5.26 Å². The van der Waals surface area contributed by atoms with Gasteiger partial charge >= 0.3 is 0 Å². The molecule has 1 aromatic heterocycles. The molecule has 0 aliphatic rings. The maximum absolute atomic E-state index is 11.0. The minimum atomic E-state index is -0.473. The smallest absolute Gasteiger partial charge is 0.261 e. The summed E-state index contributed by atoms with van der Waals surface area (Å²) >= 11 is 0.